The molecule has 0 bridgehead atoms. The van der Waals surface area contributed by atoms with Crippen molar-refractivity contribution in [2.24, 2.45) is 0 Å². The molecule has 0 spiro atoms. The van der Waals surface area contributed by atoms with Gasteiger partial charge in [0.15, 0.2) is 0 Å². The van der Waals surface area contributed by atoms with Crippen molar-refractivity contribution in [3.8, 4) is 0 Å². The van der Waals surface area contributed by atoms with Gasteiger partial charge >= 0.3 is 364 Å². The Morgan fingerprint density at radius 2 is 0.615 bits per heavy atom. The number of rotatable bonds is 14. The summed E-state index contributed by atoms with van der Waals surface area (Å²) >= 11 is 8.23. The summed E-state index contributed by atoms with van der Waals surface area (Å²) in [7, 11) is 0. The van der Waals surface area contributed by atoms with E-state index in [1.165, 1.54) is 28.0 Å². The van der Waals surface area contributed by atoms with Crippen LogP contribution >= 0.6 is 28.2 Å². The Morgan fingerprint density at radius 3 is 0.808 bits per heavy atom. The molecular formula is C46H69Br2CuSe3. The van der Waals surface area contributed by atoms with Gasteiger partial charge in [0.1, 0.15) is 0 Å². The van der Waals surface area contributed by atoms with Crippen LogP contribution in [-0.4, -0.2) is 46.6 Å². The van der Waals surface area contributed by atoms with Crippen LogP contribution in [0.4, 0.5) is 0 Å². The van der Waals surface area contributed by atoms with E-state index in [9.17, 15) is 0 Å². The molecule has 3 aromatic rings. The molecule has 0 amide bonds. The van der Waals surface area contributed by atoms with Crippen molar-refractivity contribution in [1.82, 2.24) is 0 Å². The SMILES string of the molecule is CC(C)c1cc(C(C)C)c([Se]C([Se]c2c(C(C)C)cc(C(C)C)cc2C(C)C)=[Se+]c2c(C(C)C)cc(C(C)C)cc2C(C)C)c(C(C)C)c1.[Br][Cu-][Br]. The Labute approximate surface area is 360 Å². The van der Waals surface area contributed by atoms with Crippen LogP contribution in [0.3, 0.4) is 0 Å². The molecule has 3 rings (SSSR count). The van der Waals surface area contributed by atoms with Crippen molar-refractivity contribution in [3.05, 3.63) is 86.5 Å². The molecule has 0 radical (unpaired) electrons. The van der Waals surface area contributed by atoms with Crippen LogP contribution < -0.4 is 13.4 Å². The third-order valence-electron chi connectivity index (χ3n) is 9.79. The zero-order valence-electron chi connectivity index (χ0n) is 35.4. The fourth-order valence-corrected chi connectivity index (χ4v) is 19.7. The average molecular weight is 1080 g/mol. The fourth-order valence-electron chi connectivity index (χ4n) is 6.33. The van der Waals surface area contributed by atoms with Gasteiger partial charge in [-0.2, -0.15) is 0 Å². The molecule has 0 saturated carbocycles. The van der Waals surface area contributed by atoms with Gasteiger partial charge in [0.25, 0.3) is 0 Å². The first kappa shape index (κ1) is 48.7. The molecule has 3 aromatic carbocycles. The minimum atomic E-state index is 0.285. The van der Waals surface area contributed by atoms with E-state index in [-0.39, 0.29) is 44.4 Å². The van der Waals surface area contributed by atoms with Gasteiger partial charge in [-0.25, -0.2) is 0 Å². The van der Waals surface area contributed by atoms with Gasteiger partial charge < -0.3 is 0 Å². The van der Waals surface area contributed by atoms with E-state index in [2.05, 4.69) is 189 Å². The zero-order valence-corrected chi connectivity index (χ0v) is 44.7. The number of benzene rings is 3. The first-order chi connectivity index (χ1) is 24.2. The van der Waals surface area contributed by atoms with Crippen LogP contribution in [0.2, 0.25) is 0 Å². The number of hydrogen-bond donors (Lipinski definition) is 0. The molecule has 0 N–H and O–H groups in total. The second-order valence-corrected chi connectivity index (χ2v) is 32.2. The van der Waals surface area contributed by atoms with E-state index in [1.807, 2.05) is 2.21 Å². The van der Waals surface area contributed by atoms with Crippen LogP contribution in [0.15, 0.2) is 36.4 Å². The van der Waals surface area contributed by atoms with E-state index in [1.54, 1.807) is 46.8 Å². The Hall–Kier alpha value is 0.568. The Kier molecular flexibility index (Phi) is 21.1. The summed E-state index contributed by atoms with van der Waals surface area (Å²) in [5.41, 5.74) is 14.1. The maximum atomic E-state index is 2.97. The molecule has 52 heavy (non-hydrogen) atoms. The first-order valence-electron chi connectivity index (χ1n) is 19.4. The molecule has 0 aromatic heterocycles. The van der Waals surface area contributed by atoms with Gasteiger partial charge in [-0.1, -0.05) is 0 Å². The van der Waals surface area contributed by atoms with Crippen molar-refractivity contribution in [1.29, 1.82) is 0 Å². The average Bonchev–Trinajstić information content (AvgIpc) is 3.03. The van der Waals surface area contributed by atoms with Crippen molar-refractivity contribution in [2.75, 3.05) is 0 Å². The predicted octanol–water partition coefficient (Wildman–Crippen LogP) is 13.0. The molecule has 0 fully saturated rings. The molecule has 0 unspecified atom stereocenters. The number of halogens is 2. The summed E-state index contributed by atoms with van der Waals surface area (Å²) in [5, 5.41) is 0. The van der Waals surface area contributed by atoms with E-state index in [4.69, 9.17) is 0 Å². The maximum absolute atomic E-state index is 2.97. The number of hydrogen-bond acceptors (Lipinski definition) is 0. The minimum absolute atomic E-state index is 0.285. The summed E-state index contributed by atoms with van der Waals surface area (Å²) in [5.74, 6) is 4.70. The molecule has 0 nitrogen and oxygen atoms in total. The zero-order chi connectivity index (χ0) is 39.8. The third kappa shape index (κ3) is 13.3. The Morgan fingerprint density at radius 1 is 0.404 bits per heavy atom. The van der Waals surface area contributed by atoms with E-state index < -0.39 is 0 Å². The van der Waals surface area contributed by atoms with Gasteiger partial charge in [0.05, 0.1) is 0 Å². The summed E-state index contributed by atoms with van der Waals surface area (Å²) in [4.78, 5) is 0. The van der Waals surface area contributed by atoms with Crippen molar-refractivity contribution in [3.63, 3.8) is 0 Å². The van der Waals surface area contributed by atoms with Crippen molar-refractivity contribution in [2.45, 2.75) is 178 Å². The van der Waals surface area contributed by atoms with Crippen LogP contribution in [0.1, 0.15) is 228 Å². The molecule has 296 valence electrons. The van der Waals surface area contributed by atoms with Gasteiger partial charge in [0, 0.05) is 0 Å². The molecule has 6 heteroatoms. The second kappa shape index (κ2) is 22.5. The van der Waals surface area contributed by atoms with Gasteiger partial charge in [-0.15, -0.1) is 0 Å². The quantitative estimate of drug-likeness (QED) is 0.141. The predicted molar refractivity (Wildman–Crippen MR) is 245 cm³/mol. The first-order valence-corrected chi connectivity index (χ1v) is 29.2. The van der Waals surface area contributed by atoms with Gasteiger partial charge in [0.2, 0.25) is 0 Å². The van der Waals surface area contributed by atoms with Crippen molar-refractivity contribution < 1.29 is 11.3 Å². The normalized spacial score (nSPS) is 12.2. The summed E-state index contributed by atoms with van der Waals surface area (Å²) in [6.07, 6.45) is 0. The van der Waals surface area contributed by atoms with Crippen LogP contribution in [0.5, 0.6) is 0 Å². The molecule has 0 aliphatic heterocycles. The molecular weight excluding hydrogens is 1010 g/mol. The van der Waals surface area contributed by atoms with Crippen LogP contribution in [0, 0.1) is 0 Å². The molecule has 0 aliphatic rings. The van der Waals surface area contributed by atoms with Gasteiger partial charge in [-0.05, 0) is 0 Å². The van der Waals surface area contributed by atoms with Crippen molar-refractivity contribution >= 4 is 88.3 Å². The summed E-state index contributed by atoms with van der Waals surface area (Å²) < 4.78 is 6.92. The van der Waals surface area contributed by atoms with E-state index in [0.29, 0.717) is 53.3 Å². The monoisotopic (exact) mass is 1080 g/mol. The van der Waals surface area contributed by atoms with E-state index in [0.717, 1.165) is 0 Å². The summed E-state index contributed by atoms with van der Waals surface area (Å²) in [6.45, 7) is 43.3. The molecule has 0 heterocycles. The van der Waals surface area contributed by atoms with Crippen LogP contribution in [-0.2, 0) is 11.3 Å². The summed E-state index contributed by atoms with van der Waals surface area (Å²) in [6, 6.07) is 15.5. The topological polar surface area (TPSA) is 0 Å². The van der Waals surface area contributed by atoms with Gasteiger partial charge in [-0.3, -0.25) is 0 Å². The Balaban J connectivity index is 0.00000301. The third-order valence-corrected chi connectivity index (χ3v) is 20.5. The van der Waals surface area contributed by atoms with Crippen LogP contribution in [0.25, 0.3) is 0 Å². The Bertz CT molecular complexity index is 1460. The van der Waals surface area contributed by atoms with E-state index >= 15 is 0 Å². The molecule has 0 saturated heterocycles. The standard InChI is InChI=1S/C46H69Se3.2BrH.Cu/c1-25(2)34-19-37(28(7)8)43(38(20-34)29(9)10)47-46(48-44-39(30(11)12)21-35(26(3)4)22-40(44)31(13)14)49-45-41(32(15)16)23-36(27(5)6)24-42(45)33(17)18;;;/h19-33H,1-18H3;2*1H;/q+1;;;+1/p-2. The second-order valence-electron chi connectivity index (χ2n) is 17.1. The molecule has 0 aliphatic carbocycles. The fraction of sp³-hybridized carbons (Fsp3) is 0.587. The molecule has 0 atom stereocenters.